The van der Waals surface area contributed by atoms with Gasteiger partial charge in [-0.05, 0) is 79.9 Å². The van der Waals surface area contributed by atoms with E-state index >= 15 is 4.39 Å². The van der Waals surface area contributed by atoms with Crippen molar-refractivity contribution in [2.24, 2.45) is 5.92 Å². The quantitative estimate of drug-likeness (QED) is 0.276. The average molecular weight is 603 g/mol. The summed E-state index contributed by atoms with van der Waals surface area (Å²) in [5.41, 5.74) is 2.70. The third-order valence-electron chi connectivity index (χ3n) is 9.77. The molecule has 0 bridgehead atoms. The lowest BCUT2D eigenvalue weighted by atomic mass is 9.93. The van der Waals surface area contributed by atoms with E-state index in [1.807, 2.05) is 11.9 Å². The molecule has 7 rings (SSSR count). The number of carbonyl (C=O) groups excluding carboxylic acids is 1. The van der Waals surface area contributed by atoms with Gasteiger partial charge >= 0.3 is 6.01 Å². The number of nitrogens with zero attached hydrogens (tertiary/aromatic N) is 6. The van der Waals surface area contributed by atoms with E-state index in [1.165, 1.54) is 11.0 Å². The smallest absolute Gasteiger partial charge is 0.319 e. The number of carbonyl (C=O) groups is 1. The van der Waals surface area contributed by atoms with Crippen LogP contribution < -0.4 is 9.64 Å². The zero-order chi connectivity index (χ0) is 30.7. The monoisotopic (exact) mass is 602 g/mol. The molecule has 228 valence electrons. The van der Waals surface area contributed by atoms with Crippen LogP contribution in [0.15, 0.2) is 36.7 Å². The van der Waals surface area contributed by atoms with Crippen LogP contribution in [-0.2, 0) is 11.2 Å². The third-order valence-corrected chi connectivity index (χ3v) is 9.77. The molecule has 1 aromatic heterocycles. The highest BCUT2D eigenvalue weighted by Crippen LogP contribution is 2.58. The van der Waals surface area contributed by atoms with Gasteiger partial charge < -0.3 is 24.3 Å². The third kappa shape index (κ3) is 4.85. The summed E-state index contributed by atoms with van der Waals surface area (Å²) in [7, 11) is 2.04. The molecule has 3 fully saturated rings. The molecule has 1 saturated carbocycles. The van der Waals surface area contributed by atoms with Crippen molar-refractivity contribution in [2.45, 2.75) is 43.7 Å². The van der Waals surface area contributed by atoms with Crippen molar-refractivity contribution in [1.82, 2.24) is 19.8 Å². The van der Waals surface area contributed by atoms with E-state index in [9.17, 15) is 13.6 Å². The van der Waals surface area contributed by atoms with Gasteiger partial charge in [-0.15, -0.1) is 0 Å². The Morgan fingerprint density at radius 2 is 1.95 bits per heavy atom. The highest BCUT2D eigenvalue weighted by molar-refractivity contribution is 5.94. The molecule has 0 unspecified atom stereocenters. The van der Waals surface area contributed by atoms with Gasteiger partial charge in [0.1, 0.15) is 29.8 Å². The van der Waals surface area contributed by atoms with Gasteiger partial charge in [0.2, 0.25) is 6.54 Å². The molecule has 4 aliphatic rings. The second kappa shape index (κ2) is 11.1. The Balaban J connectivity index is 1.30. The van der Waals surface area contributed by atoms with E-state index in [0.29, 0.717) is 40.4 Å². The number of amides is 1. The second-order valence-electron chi connectivity index (χ2n) is 12.4. The number of fused-ring (bicyclic) bond motifs is 4. The summed E-state index contributed by atoms with van der Waals surface area (Å²) in [5, 5.41) is 0.453. The van der Waals surface area contributed by atoms with E-state index in [-0.39, 0.29) is 55.5 Å². The summed E-state index contributed by atoms with van der Waals surface area (Å²) < 4.78 is 51.3. The standard InChI is InChI=1S/C33H33F3N6O2/c1-18(34)32(43)42-12-11-41(16-21(42)15-37-2)31-24-7-6-23(22-8-9-27(35)28-25-13-19(25)14-26(22)28)29(36)30(24)38-33(39-31)44-17-20-5-4-10-40(20)3/h6-9,19-21,25H,1,4-5,10-17H2,3H3/t19-,20+,21+,25-/m1/s1. The number of hydrogen-bond acceptors (Lipinski definition) is 6. The molecule has 8 nitrogen and oxygen atoms in total. The fourth-order valence-corrected chi connectivity index (χ4v) is 7.33. The van der Waals surface area contributed by atoms with Crippen molar-refractivity contribution in [2.75, 3.05) is 51.3 Å². The van der Waals surface area contributed by atoms with E-state index in [1.54, 1.807) is 18.2 Å². The molecular formula is C33H33F3N6O2. The molecular weight excluding hydrogens is 569 g/mol. The van der Waals surface area contributed by atoms with Gasteiger partial charge in [-0.3, -0.25) is 4.79 Å². The van der Waals surface area contributed by atoms with Crippen LogP contribution in [0.2, 0.25) is 0 Å². The van der Waals surface area contributed by atoms with Crippen LogP contribution >= 0.6 is 0 Å². The number of likely N-dealkylation sites (tertiary alicyclic amines) is 1. The number of piperazine rings is 1. The number of hydrogen-bond donors (Lipinski definition) is 0. The van der Waals surface area contributed by atoms with E-state index in [0.717, 1.165) is 37.8 Å². The van der Waals surface area contributed by atoms with Crippen LogP contribution in [0.4, 0.5) is 19.0 Å². The van der Waals surface area contributed by atoms with Crippen molar-refractivity contribution in [1.29, 1.82) is 0 Å². The number of anilines is 1. The van der Waals surface area contributed by atoms with Crippen molar-refractivity contribution in [3.63, 3.8) is 0 Å². The summed E-state index contributed by atoms with van der Waals surface area (Å²) in [6, 6.07) is 6.16. The summed E-state index contributed by atoms with van der Waals surface area (Å²) >= 11 is 0. The van der Waals surface area contributed by atoms with Crippen LogP contribution in [0.1, 0.15) is 36.3 Å². The molecule has 4 atom stereocenters. The maximum Gasteiger partial charge on any atom is 0.319 e. The normalized spacial score (nSPS) is 24.2. The zero-order valence-corrected chi connectivity index (χ0v) is 24.5. The van der Waals surface area contributed by atoms with Crippen molar-refractivity contribution < 1.29 is 22.7 Å². The van der Waals surface area contributed by atoms with E-state index in [2.05, 4.69) is 21.3 Å². The van der Waals surface area contributed by atoms with Crippen molar-refractivity contribution >= 4 is 22.6 Å². The molecule has 3 aromatic rings. The highest BCUT2D eigenvalue weighted by atomic mass is 19.1. The van der Waals surface area contributed by atoms with Gasteiger partial charge in [-0.2, -0.15) is 9.97 Å². The molecule has 0 spiro atoms. The van der Waals surface area contributed by atoms with Gasteiger partial charge in [0.05, 0.1) is 0 Å². The molecule has 2 aliphatic carbocycles. The largest absolute Gasteiger partial charge is 0.462 e. The average Bonchev–Trinajstić information content (AvgIpc) is 3.47. The van der Waals surface area contributed by atoms with Gasteiger partial charge in [0.25, 0.3) is 5.91 Å². The van der Waals surface area contributed by atoms with Crippen molar-refractivity contribution in [3.8, 4) is 17.1 Å². The minimum atomic E-state index is -1.08. The minimum absolute atomic E-state index is 0.0341. The highest BCUT2D eigenvalue weighted by Gasteiger charge is 2.47. The first-order valence-corrected chi connectivity index (χ1v) is 15.1. The Hall–Kier alpha value is -4.17. The van der Waals surface area contributed by atoms with Gasteiger partial charge in [-0.1, -0.05) is 18.7 Å². The minimum Gasteiger partial charge on any atom is -0.462 e. The number of rotatable bonds is 7. The number of ether oxygens (including phenoxy) is 1. The first-order chi connectivity index (χ1) is 21.2. The molecule has 2 aromatic carbocycles. The predicted molar refractivity (Wildman–Crippen MR) is 160 cm³/mol. The Labute approximate surface area is 253 Å². The van der Waals surface area contributed by atoms with Gasteiger partial charge in [0, 0.05) is 36.6 Å². The molecule has 0 radical (unpaired) electrons. The molecule has 11 heteroatoms. The predicted octanol–water partition coefficient (Wildman–Crippen LogP) is 5.13. The van der Waals surface area contributed by atoms with Crippen LogP contribution in [0, 0.1) is 24.1 Å². The number of likely N-dealkylation sites (N-methyl/N-ethyl adjacent to an activating group) is 1. The Kier molecular flexibility index (Phi) is 7.20. The lowest BCUT2D eigenvalue weighted by Crippen LogP contribution is -2.56. The Bertz CT molecular complexity index is 1720. The summed E-state index contributed by atoms with van der Waals surface area (Å²) in [6.07, 6.45) is 3.75. The maximum atomic E-state index is 16.6. The fourth-order valence-electron chi connectivity index (χ4n) is 7.33. The molecule has 2 saturated heterocycles. The number of halogens is 3. The Morgan fingerprint density at radius 1 is 1.14 bits per heavy atom. The molecule has 1 amide bonds. The van der Waals surface area contributed by atoms with E-state index < -0.39 is 23.6 Å². The number of aromatic nitrogens is 2. The maximum absolute atomic E-state index is 16.6. The van der Waals surface area contributed by atoms with Crippen LogP contribution in [0.3, 0.4) is 0 Å². The SMILES string of the molecule is [C-]#[N+]C[C@H]1CN(c2nc(OC[C@@H]3CCCN3C)nc3c(F)c(-c4ccc(F)c5c4C[C@H]4C[C@@H]54)ccc23)CCN1C(=O)C(=C)F. The summed E-state index contributed by atoms with van der Waals surface area (Å²) in [4.78, 5) is 30.6. The van der Waals surface area contributed by atoms with Gasteiger partial charge in [-0.25, -0.2) is 19.7 Å². The van der Waals surface area contributed by atoms with Crippen LogP contribution in [0.25, 0.3) is 26.9 Å². The van der Waals surface area contributed by atoms with Crippen LogP contribution in [-0.4, -0.2) is 84.1 Å². The Morgan fingerprint density at radius 3 is 2.70 bits per heavy atom. The molecule has 0 N–H and O–H groups in total. The fraction of sp³-hybridized carbons (Fsp3) is 0.455. The van der Waals surface area contributed by atoms with E-state index in [4.69, 9.17) is 16.3 Å². The summed E-state index contributed by atoms with van der Waals surface area (Å²) in [5.74, 6) is -1.61. The van der Waals surface area contributed by atoms with Crippen LogP contribution in [0.5, 0.6) is 6.01 Å². The van der Waals surface area contributed by atoms with Gasteiger partial charge in [0.15, 0.2) is 11.6 Å². The summed E-state index contributed by atoms with van der Waals surface area (Å²) in [6.45, 7) is 12.4. The first-order valence-electron chi connectivity index (χ1n) is 15.1. The number of benzene rings is 2. The molecule has 2 aliphatic heterocycles. The first kappa shape index (κ1) is 28.6. The zero-order valence-electron chi connectivity index (χ0n) is 24.5. The second-order valence-corrected chi connectivity index (χ2v) is 12.4. The topological polar surface area (TPSA) is 66.2 Å². The lowest BCUT2D eigenvalue weighted by Gasteiger charge is -2.39. The van der Waals surface area contributed by atoms with Crippen molar-refractivity contribution in [3.05, 3.63) is 70.8 Å². The lowest BCUT2D eigenvalue weighted by molar-refractivity contribution is -0.131. The molecule has 44 heavy (non-hydrogen) atoms. The molecule has 3 heterocycles.